The summed E-state index contributed by atoms with van der Waals surface area (Å²) >= 11 is 6.05. The average Bonchev–Trinajstić information content (AvgIpc) is 2.74. The van der Waals surface area contributed by atoms with Gasteiger partial charge < -0.3 is 0 Å². The maximum Gasteiger partial charge on any atom is 0.505 e. The van der Waals surface area contributed by atoms with Crippen LogP contribution in [0.2, 0.25) is 5.02 Å². The van der Waals surface area contributed by atoms with Gasteiger partial charge in [-0.1, -0.05) is 11.6 Å². The first-order valence-electron chi connectivity index (χ1n) is 6.04. The molecule has 1 saturated heterocycles. The largest absolute Gasteiger partial charge is 0.505 e. The van der Waals surface area contributed by atoms with Gasteiger partial charge in [0.25, 0.3) is 0 Å². The van der Waals surface area contributed by atoms with Gasteiger partial charge in [-0.2, -0.15) is 9.98 Å². The molecule has 0 aromatic heterocycles. The number of hydrogen-bond acceptors (Lipinski definition) is 4. The molecule has 0 aliphatic carbocycles. The summed E-state index contributed by atoms with van der Waals surface area (Å²) < 4.78 is 75.6. The third kappa shape index (κ3) is 4.63. The van der Waals surface area contributed by atoms with E-state index in [0.717, 1.165) is 4.90 Å². The fraction of sp³-hybridized carbons (Fsp3) is 0.250. The topological polar surface area (TPSA) is 40.3 Å². The number of alkyl halides is 6. The molecule has 0 spiro atoms. The molecular formula is C12H7ClF6N4S. The first kappa shape index (κ1) is 18.6. The summed E-state index contributed by atoms with van der Waals surface area (Å²) in [5.41, 5.74) is 0.114. The molecule has 2 rings (SSSR count). The van der Waals surface area contributed by atoms with Gasteiger partial charge in [-0.05, 0) is 36.0 Å². The average molecular weight is 389 g/mol. The minimum atomic E-state index is -5.09. The molecule has 1 aromatic rings. The van der Waals surface area contributed by atoms with Crippen molar-refractivity contribution in [1.82, 2.24) is 0 Å². The molecule has 1 heterocycles. The Labute approximate surface area is 140 Å². The molecule has 0 atom stereocenters. The second-order valence-corrected chi connectivity index (χ2v) is 5.60. The summed E-state index contributed by atoms with van der Waals surface area (Å²) in [7, 11) is 1.23. The zero-order chi connectivity index (χ0) is 18.1. The molecule has 4 nitrogen and oxygen atoms in total. The predicted molar refractivity (Wildman–Crippen MR) is 81.9 cm³/mol. The van der Waals surface area contributed by atoms with Gasteiger partial charge in [-0.25, -0.2) is 0 Å². The number of anilines is 1. The quantitative estimate of drug-likeness (QED) is 0.516. The van der Waals surface area contributed by atoms with Crippen LogP contribution in [0.15, 0.2) is 39.2 Å². The third-order valence-corrected chi connectivity index (χ3v) is 3.79. The number of aliphatic imine (C=N–C) groups is 3. The van der Waals surface area contributed by atoms with Gasteiger partial charge in [0.1, 0.15) is 0 Å². The molecule has 12 heteroatoms. The summed E-state index contributed by atoms with van der Waals surface area (Å²) in [5, 5.41) is -0.780. The zero-order valence-electron chi connectivity index (χ0n) is 11.7. The Morgan fingerprint density at radius 3 is 1.96 bits per heavy atom. The summed E-state index contributed by atoms with van der Waals surface area (Å²) in [6, 6.07) is 5.41. The lowest BCUT2D eigenvalue weighted by atomic mass is 10.3. The molecule has 0 amide bonds. The lowest BCUT2D eigenvalue weighted by molar-refractivity contribution is -0.121. The Hall–Kier alpha value is -1.75. The molecule has 1 aromatic carbocycles. The molecular weight excluding hydrogens is 382 g/mol. The van der Waals surface area contributed by atoms with Gasteiger partial charge in [-0.3, -0.25) is 9.89 Å². The van der Waals surface area contributed by atoms with Crippen molar-refractivity contribution in [1.29, 1.82) is 0 Å². The van der Waals surface area contributed by atoms with Crippen LogP contribution in [0.4, 0.5) is 32.0 Å². The molecule has 130 valence electrons. The van der Waals surface area contributed by atoms with E-state index in [-0.39, 0.29) is 10.9 Å². The van der Waals surface area contributed by atoms with Crippen LogP contribution in [-0.2, 0) is 0 Å². The maximum atomic E-state index is 12.7. The summed E-state index contributed by atoms with van der Waals surface area (Å²) in [4.78, 5) is 9.33. The number of nitrogens with zero attached hydrogens (tertiary/aromatic N) is 4. The van der Waals surface area contributed by atoms with E-state index in [0.29, 0.717) is 16.8 Å². The van der Waals surface area contributed by atoms with Crippen LogP contribution in [0.5, 0.6) is 0 Å². The van der Waals surface area contributed by atoms with Crippen LogP contribution in [0, 0.1) is 0 Å². The van der Waals surface area contributed by atoms with E-state index >= 15 is 0 Å². The van der Waals surface area contributed by atoms with Gasteiger partial charge in [0, 0.05) is 17.8 Å². The Balaban J connectivity index is 2.62. The third-order valence-electron chi connectivity index (χ3n) is 2.52. The van der Waals surface area contributed by atoms with Crippen molar-refractivity contribution in [3.63, 3.8) is 0 Å². The van der Waals surface area contributed by atoms with Crippen molar-refractivity contribution in [2.75, 3.05) is 11.9 Å². The van der Waals surface area contributed by atoms with Crippen LogP contribution >= 0.6 is 23.4 Å². The van der Waals surface area contributed by atoms with Crippen LogP contribution in [0.3, 0.4) is 0 Å². The van der Waals surface area contributed by atoms with E-state index in [9.17, 15) is 26.3 Å². The minimum Gasteiger partial charge on any atom is -0.271 e. The van der Waals surface area contributed by atoms with Crippen LogP contribution in [0.1, 0.15) is 0 Å². The fourth-order valence-corrected chi connectivity index (χ4v) is 2.79. The predicted octanol–water partition coefficient (Wildman–Crippen LogP) is 4.72. The molecule has 0 saturated carbocycles. The molecule has 0 unspecified atom stereocenters. The summed E-state index contributed by atoms with van der Waals surface area (Å²) in [5.74, 6) is -1.01. The van der Waals surface area contributed by atoms with E-state index in [1.54, 1.807) is 0 Å². The van der Waals surface area contributed by atoms with Gasteiger partial charge in [0.15, 0.2) is 16.0 Å². The van der Waals surface area contributed by atoms with Crippen LogP contribution < -0.4 is 4.90 Å². The van der Waals surface area contributed by atoms with Gasteiger partial charge >= 0.3 is 12.6 Å². The van der Waals surface area contributed by atoms with Crippen LogP contribution in [0.25, 0.3) is 0 Å². The van der Waals surface area contributed by atoms with Crippen molar-refractivity contribution in [2.24, 2.45) is 15.0 Å². The Morgan fingerprint density at radius 1 is 0.958 bits per heavy atom. The molecule has 1 aliphatic heterocycles. The number of halogens is 7. The number of rotatable bonds is 1. The van der Waals surface area contributed by atoms with Crippen molar-refractivity contribution in [3.05, 3.63) is 29.3 Å². The maximum absolute atomic E-state index is 12.7. The lowest BCUT2D eigenvalue weighted by Crippen LogP contribution is -2.33. The summed E-state index contributed by atoms with van der Waals surface area (Å²) in [6.45, 7) is 0. The molecule has 1 fully saturated rings. The van der Waals surface area contributed by atoms with E-state index in [4.69, 9.17) is 11.6 Å². The monoisotopic (exact) mass is 388 g/mol. The highest BCUT2D eigenvalue weighted by atomic mass is 35.5. The van der Waals surface area contributed by atoms with Gasteiger partial charge in [0.2, 0.25) is 0 Å². The SMILES string of the molecule is CN=C1S/C(=N/C(F)(F)F)C(=NC(F)(F)F)N1c1ccc(Cl)cc1. The highest BCUT2D eigenvalue weighted by Crippen LogP contribution is 2.34. The highest BCUT2D eigenvalue weighted by Gasteiger charge is 2.41. The molecule has 0 radical (unpaired) electrons. The molecule has 0 N–H and O–H groups in total. The fourth-order valence-electron chi connectivity index (χ4n) is 1.74. The standard InChI is InChI=1S/C12H7ClF6N4S/c1-20-10-23(7-4-2-6(13)3-5-7)8(21-11(14,15)16)9(24-10)22-12(17,18)19/h2-5H,1H3/b20-10?,21-8?,22-9+. The van der Waals surface area contributed by atoms with Crippen molar-refractivity contribution >= 4 is 45.1 Å². The molecule has 24 heavy (non-hydrogen) atoms. The number of hydrogen-bond donors (Lipinski definition) is 0. The molecule has 1 aliphatic rings. The van der Waals surface area contributed by atoms with E-state index in [2.05, 4.69) is 15.0 Å². The van der Waals surface area contributed by atoms with Crippen molar-refractivity contribution in [3.8, 4) is 0 Å². The zero-order valence-corrected chi connectivity index (χ0v) is 13.2. The number of amidine groups is 2. The Kier molecular flexibility index (Phi) is 5.14. The highest BCUT2D eigenvalue weighted by molar-refractivity contribution is 8.29. The number of thioether (sulfide) groups is 1. The molecule has 0 bridgehead atoms. The lowest BCUT2D eigenvalue weighted by Gasteiger charge is -2.18. The van der Waals surface area contributed by atoms with Gasteiger partial charge in [-0.15, -0.1) is 26.3 Å². The first-order chi connectivity index (χ1) is 11.0. The second-order valence-electron chi connectivity index (χ2n) is 4.21. The second kappa shape index (κ2) is 6.63. The van der Waals surface area contributed by atoms with Crippen LogP contribution in [-0.4, -0.2) is 35.7 Å². The minimum absolute atomic E-state index is 0.114. The summed E-state index contributed by atoms with van der Waals surface area (Å²) in [6.07, 6.45) is -10.1. The van der Waals surface area contributed by atoms with E-state index < -0.39 is 23.5 Å². The number of benzene rings is 1. The van der Waals surface area contributed by atoms with E-state index in [1.165, 1.54) is 31.3 Å². The first-order valence-corrected chi connectivity index (χ1v) is 7.23. The Bertz CT molecular complexity index is 708. The van der Waals surface area contributed by atoms with Crippen molar-refractivity contribution in [2.45, 2.75) is 12.6 Å². The normalized spacial score (nSPS) is 21.3. The van der Waals surface area contributed by atoms with Gasteiger partial charge in [0.05, 0.1) is 0 Å². The van der Waals surface area contributed by atoms with E-state index in [1.807, 2.05) is 0 Å². The van der Waals surface area contributed by atoms with Crippen molar-refractivity contribution < 1.29 is 26.3 Å². The smallest absolute Gasteiger partial charge is 0.271 e. The Morgan fingerprint density at radius 2 is 1.50 bits per heavy atom.